The van der Waals surface area contributed by atoms with Gasteiger partial charge in [-0.05, 0) is 30.3 Å². The van der Waals surface area contributed by atoms with Crippen LogP contribution in [0.3, 0.4) is 0 Å². The number of hydrogen-bond donors (Lipinski definition) is 2. The maximum Gasteiger partial charge on any atom is 0.281 e. The van der Waals surface area contributed by atoms with Crippen molar-refractivity contribution in [2.24, 2.45) is 15.8 Å². The smallest absolute Gasteiger partial charge is 0.281 e. The molecule has 2 aromatic carbocycles. The predicted molar refractivity (Wildman–Crippen MR) is 87.8 cm³/mol. The second-order valence-corrected chi connectivity index (χ2v) is 5.27. The van der Waals surface area contributed by atoms with Crippen LogP contribution >= 0.6 is 11.6 Å². The number of nitrogens with two attached hydrogens (primary N) is 1. The van der Waals surface area contributed by atoms with Crippen molar-refractivity contribution in [3.8, 4) is 0 Å². The van der Waals surface area contributed by atoms with Crippen molar-refractivity contribution in [1.82, 2.24) is 5.43 Å². The first kappa shape index (κ1) is 15.3. The van der Waals surface area contributed by atoms with Crippen molar-refractivity contribution in [1.29, 1.82) is 0 Å². The lowest BCUT2D eigenvalue weighted by molar-refractivity contribution is -0.114. The quantitative estimate of drug-likeness (QED) is 0.503. The molecule has 0 saturated heterocycles. The highest BCUT2D eigenvalue weighted by Gasteiger charge is 2.21. The molecule has 0 radical (unpaired) electrons. The van der Waals surface area contributed by atoms with Crippen LogP contribution in [0.1, 0.15) is 11.1 Å². The molecule has 3 N–H and O–H groups in total. The number of hydrogen-bond acceptors (Lipinski definition) is 4. The number of fused-ring (bicyclic) bond motifs is 1. The van der Waals surface area contributed by atoms with E-state index in [9.17, 15) is 9.18 Å². The van der Waals surface area contributed by atoms with Gasteiger partial charge in [0, 0.05) is 16.1 Å². The molecular formula is C16H12ClFN4O. The molecule has 3 rings (SSSR count). The second-order valence-electron chi connectivity index (χ2n) is 4.84. The zero-order chi connectivity index (χ0) is 16.4. The summed E-state index contributed by atoms with van der Waals surface area (Å²) in [5.41, 5.74) is 3.94. The number of hydrazine groups is 1. The second kappa shape index (κ2) is 6.28. The molecule has 0 spiro atoms. The maximum atomic E-state index is 14.2. The summed E-state index contributed by atoms with van der Waals surface area (Å²) in [6, 6.07) is 11.3. The fraction of sp³-hybridized carbons (Fsp3) is 0.0625. The summed E-state index contributed by atoms with van der Waals surface area (Å²) in [6.07, 6.45) is 0. The van der Waals surface area contributed by atoms with Crippen LogP contribution in [0.2, 0.25) is 5.02 Å². The fourth-order valence-corrected chi connectivity index (χ4v) is 2.47. The Morgan fingerprint density at radius 2 is 2.00 bits per heavy atom. The molecule has 0 aliphatic carbocycles. The third-order valence-corrected chi connectivity index (χ3v) is 3.61. The number of benzene rings is 2. The van der Waals surface area contributed by atoms with Gasteiger partial charge in [-0.15, -0.1) is 0 Å². The molecule has 116 valence electrons. The summed E-state index contributed by atoms with van der Waals surface area (Å²) >= 11 is 6.01. The average Bonchev–Trinajstić information content (AvgIpc) is 2.73. The lowest BCUT2D eigenvalue weighted by atomic mass is 10.0. The van der Waals surface area contributed by atoms with Crippen molar-refractivity contribution in [2.75, 3.05) is 6.54 Å². The topological polar surface area (TPSA) is 79.8 Å². The lowest BCUT2D eigenvalue weighted by Crippen LogP contribution is -2.37. The Hall–Kier alpha value is -2.57. The van der Waals surface area contributed by atoms with Crippen LogP contribution in [0.5, 0.6) is 0 Å². The van der Waals surface area contributed by atoms with Crippen molar-refractivity contribution in [2.45, 2.75) is 0 Å². The van der Waals surface area contributed by atoms with Gasteiger partial charge in [0.05, 0.1) is 17.9 Å². The summed E-state index contributed by atoms with van der Waals surface area (Å²) in [6.45, 7) is -0.0149. The highest BCUT2D eigenvalue weighted by atomic mass is 35.5. The summed E-state index contributed by atoms with van der Waals surface area (Å²) in [5, 5.41) is 0.454. The van der Waals surface area contributed by atoms with Gasteiger partial charge in [-0.1, -0.05) is 23.7 Å². The molecule has 7 heteroatoms. The number of amides is 1. The van der Waals surface area contributed by atoms with Gasteiger partial charge in [0.2, 0.25) is 0 Å². The number of carbonyl (C=O) groups is 1. The molecule has 1 aliphatic heterocycles. The number of halogens is 2. The molecule has 0 bridgehead atoms. The standard InChI is InChI=1S/C16H12ClFN4O/c17-9-5-6-11-13(7-9)21-14(16(23)22-19)8-20-15(11)10-3-1-2-4-12(10)18/h1-7H,8,19H2,(H,22,23). The van der Waals surface area contributed by atoms with E-state index in [0.717, 1.165) is 0 Å². The van der Waals surface area contributed by atoms with E-state index in [2.05, 4.69) is 9.98 Å². The molecule has 1 aliphatic rings. The lowest BCUT2D eigenvalue weighted by Gasteiger charge is -2.09. The Bertz CT molecular complexity index is 848. The van der Waals surface area contributed by atoms with Crippen molar-refractivity contribution >= 4 is 34.6 Å². The Labute approximate surface area is 136 Å². The van der Waals surface area contributed by atoms with Crippen LogP contribution in [0, 0.1) is 5.82 Å². The summed E-state index contributed by atoms with van der Waals surface area (Å²) < 4.78 is 14.2. The Balaban J connectivity index is 2.20. The molecule has 23 heavy (non-hydrogen) atoms. The van der Waals surface area contributed by atoms with E-state index < -0.39 is 11.7 Å². The van der Waals surface area contributed by atoms with E-state index in [0.29, 0.717) is 27.5 Å². The number of aliphatic imine (C=N–C) groups is 2. The van der Waals surface area contributed by atoms with Crippen molar-refractivity contribution < 1.29 is 9.18 Å². The third-order valence-electron chi connectivity index (χ3n) is 3.38. The predicted octanol–water partition coefficient (Wildman–Crippen LogP) is 2.39. The monoisotopic (exact) mass is 330 g/mol. The zero-order valence-electron chi connectivity index (χ0n) is 11.9. The molecule has 1 amide bonds. The fourth-order valence-electron chi connectivity index (χ4n) is 2.31. The molecule has 0 saturated carbocycles. The highest BCUT2D eigenvalue weighted by molar-refractivity contribution is 6.41. The minimum absolute atomic E-state index is 0.0149. The van der Waals surface area contributed by atoms with Crippen LogP contribution in [-0.4, -0.2) is 23.9 Å². The van der Waals surface area contributed by atoms with Crippen molar-refractivity contribution in [3.63, 3.8) is 0 Å². The largest absolute Gasteiger partial charge is 0.289 e. The van der Waals surface area contributed by atoms with Gasteiger partial charge >= 0.3 is 0 Å². The van der Waals surface area contributed by atoms with Gasteiger partial charge in [-0.2, -0.15) is 0 Å². The first-order valence-electron chi connectivity index (χ1n) is 6.78. The molecule has 5 nitrogen and oxygen atoms in total. The zero-order valence-corrected chi connectivity index (χ0v) is 12.6. The van der Waals surface area contributed by atoms with E-state index in [1.54, 1.807) is 36.4 Å². The van der Waals surface area contributed by atoms with Crippen LogP contribution in [-0.2, 0) is 4.79 Å². The van der Waals surface area contributed by atoms with Gasteiger partial charge in [-0.25, -0.2) is 15.2 Å². The molecule has 0 unspecified atom stereocenters. The summed E-state index contributed by atoms with van der Waals surface area (Å²) in [4.78, 5) is 20.4. The number of carbonyl (C=O) groups excluding carboxylic acids is 1. The average molecular weight is 331 g/mol. The summed E-state index contributed by atoms with van der Waals surface area (Å²) in [7, 11) is 0. The molecule has 0 fully saturated rings. The Morgan fingerprint density at radius 3 is 2.74 bits per heavy atom. The Morgan fingerprint density at radius 1 is 1.22 bits per heavy atom. The first-order valence-corrected chi connectivity index (χ1v) is 7.15. The maximum absolute atomic E-state index is 14.2. The van der Waals surface area contributed by atoms with E-state index in [1.165, 1.54) is 6.07 Å². The third kappa shape index (κ3) is 2.99. The minimum Gasteiger partial charge on any atom is -0.289 e. The van der Waals surface area contributed by atoms with Gasteiger partial charge in [-0.3, -0.25) is 15.2 Å². The minimum atomic E-state index is -0.547. The van der Waals surface area contributed by atoms with E-state index in [-0.39, 0.29) is 12.3 Å². The Kier molecular flexibility index (Phi) is 4.18. The van der Waals surface area contributed by atoms with E-state index >= 15 is 0 Å². The molecule has 0 atom stereocenters. The molecule has 2 aromatic rings. The molecule has 0 aromatic heterocycles. The molecular weight excluding hydrogens is 319 g/mol. The highest BCUT2D eigenvalue weighted by Crippen LogP contribution is 2.29. The van der Waals surface area contributed by atoms with Gasteiger partial charge in [0.1, 0.15) is 11.5 Å². The van der Waals surface area contributed by atoms with Gasteiger partial charge in [0.15, 0.2) is 0 Å². The number of nitrogens with zero attached hydrogens (tertiary/aromatic N) is 2. The van der Waals surface area contributed by atoms with Gasteiger partial charge in [0.25, 0.3) is 5.91 Å². The summed E-state index contributed by atoms with van der Waals surface area (Å²) in [5.74, 6) is 4.21. The van der Waals surface area contributed by atoms with Gasteiger partial charge < -0.3 is 0 Å². The first-order chi connectivity index (χ1) is 11.1. The van der Waals surface area contributed by atoms with Crippen LogP contribution in [0.4, 0.5) is 10.1 Å². The SMILES string of the molecule is NNC(=O)C1=Nc2cc(Cl)ccc2C(c2ccccc2F)=NC1. The van der Waals surface area contributed by atoms with Crippen LogP contribution in [0.25, 0.3) is 0 Å². The van der Waals surface area contributed by atoms with Crippen molar-refractivity contribution in [3.05, 3.63) is 64.4 Å². The van der Waals surface area contributed by atoms with E-state index in [1.807, 2.05) is 5.43 Å². The molecule has 1 heterocycles. The number of nitrogens with one attached hydrogen (secondary N) is 1. The van der Waals surface area contributed by atoms with Crippen LogP contribution < -0.4 is 11.3 Å². The van der Waals surface area contributed by atoms with E-state index in [4.69, 9.17) is 17.4 Å². The normalized spacial score (nSPS) is 13.5. The number of rotatable bonds is 2. The van der Waals surface area contributed by atoms with Crippen LogP contribution in [0.15, 0.2) is 52.4 Å².